The monoisotopic (exact) mass is 228 g/mol. The molecule has 1 aromatic carbocycles. The Morgan fingerprint density at radius 1 is 1.29 bits per heavy atom. The fourth-order valence-electron chi connectivity index (χ4n) is 2.18. The third-order valence-corrected chi connectivity index (χ3v) is 3.01. The van der Waals surface area contributed by atoms with E-state index in [1.165, 1.54) is 5.56 Å². The average molecular weight is 228 g/mol. The second kappa shape index (κ2) is 4.14. The molecular formula is C13H12N2O2. The third kappa shape index (κ3) is 1.87. The second-order valence-electron chi connectivity index (χ2n) is 4.22. The second-order valence-corrected chi connectivity index (χ2v) is 4.22. The topological polar surface area (TPSA) is 46.3 Å². The quantitative estimate of drug-likeness (QED) is 0.754. The first-order valence-electron chi connectivity index (χ1n) is 5.55. The predicted octanol–water partition coefficient (Wildman–Crippen LogP) is 2.00. The maximum Gasteiger partial charge on any atom is 0.172 e. The Hall–Kier alpha value is -1.94. The van der Waals surface area contributed by atoms with Gasteiger partial charge in [0.15, 0.2) is 17.7 Å². The zero-order chi connectivity index (χ0) is 11.7. The molecule has 0 aliphatic carbocycles. The highest BCUT2D eigenvalue weighted by molar-refractivity contribution is 5.74. The molecule has 4 nitrogen and oxygen atoms in total. The van der Waals surface area contributed by atoms with Crippen molar-refractivity contribution in [2.24, 2.45) is 0 Å². The largest absolute Gasteiger partial charge is 0.359 e. The summed E-state index contributed by atoms with van der Waals surface area (Å²) in [5.41, 5.74) is 2.64. The van der Waals surface area contributed by atoms with Gasteiger partial charge in [0, 0.05) is 18.7 Å². The van der Waals surface area contributed by atoms with E-state index in [9.17, 15) is 4.79 Å². The van der Waals surface area contributed by atoms with Crippen molar-refractivity contribution in [3.63, 3.8) is 0 Å². The molecule has 0 N–H and O–H groups in total. The maximum absolute atomic E-state index is 10.8. The van der Waals surface area contributed by atoms with Crippen molar-refractivity contribution in [3.8, 4) is 0 Å². The van der Waals surface area contributed by atoms with Crippen molar-refractivity contribution in [2.75, 3.05) is 0 Å². The number of hydrogen-bond acceptors (Lipinski definition) is 4. The molecule has 4 heteroatoms. The average Bonchev–Trinajstić information content (AvgIpc) is 2.89. The summed E-state index contributed by atoms with van der Waals surface area (Å²) in [6, 6.07) is 10.3. The van der Waals surface area contributed by atoms with Crippen molar-refractivity contribution in [2.45, 2.75) is 19.6 Å². The highest BCUT2D eigenvalue weighted by Gasteiger charge is 2.26. The van der Waals surface area contributed by atoms with Crippen LogP contribution in [0.2, 0.25) is 0 Å². The Morgan fingerprint density at radius 2 is 2.12 bits per heavy atom. The van der Waals surface area contributed by atoms with E-state index in [2.05, 4.69) is 22.2 Å². The van der Waals surface area contributed by atoms with E-state index < -0.39 is 0 Å². The van der Waals surface area contributed by atoms with Crippen molar-refractivity contribution in [3.05, 3.63) is 52.9 Å². The van der Waals surface area contributed by atoms with Gasteiger partial charge in [-0.05, 0) is 5.56 Å². The van der Waals surface area contributed by atoms with Gasteiger partial charge in [-0.3, -0.25) is 9.69 Å². The van der Waals surface area contributed by atoms with Crippen molar-refractivity contribution >= 4 is 6.29 Å². The predicted molar refractivity (Wildman–Crippen MR) is 61.3 cm³/mol. The standard InChI is InChI=1S/C13H12N2O2/c16-9-12-11-7-15(8-13(11)17-14-12)6-10-4-2-1-3-5-10/h1-5,9H,6-8H2. The van der Waals surface area contributed by atoms with Crippen LogP contribution in [-0.4, -0.2) is 16.3 Å². The number of carbonyl (C=O) groups is 1. The Morgan fingerprint density at radius 3 is 2.88 bits per heavy atom. The van der Waals surface area contributed by atoms with Gasteiger partial charge in [0.1, 0.15) is 0 Å². The van der Waals surface area contributed by atoms with Crippen LogP contribution < -0.4 is 0 Å². The van der Waals surface area contributed by atoms with Gasteiger partial charge < -0.3 is 4.52 Å². The normalized spacial score (nSPS) is 14.8. The first-order chi connectivity index (χ1) is 8.36. The Bertz CT molecular complexity index is 534. The van der Waals surface area contributed by atoms with Gasteiger partial charge in [0.05, 0.1) is 6.54 Å². The van der Waals surface area contributed by atoms with Crippen LogP contribution in [0.4, 0.5) is 0 Å². The van der Waals surface area contributed by atoms with Gasteiger partial charge in [-0.15, -0.1) is 0 Å². The molecule has 0 amide bonds. The summed E-state index contributed by atoms with van der Waals surface area (Å²) in [6.07, 6.45) is 0.758. The first kappa shape index (κ1) is 10.2. The molecule has 1 aromatic heterocycles. The maximum atomic E-state index is 10.8. The molecule has 0 bridgehead atoms. The third-order valence-electron chi connectivity index (χ3n) is 3.01. The summed E-state index contributed by atoms with van der Waals surface area (Å²) in [6.45, 7) is 2.33. The molecule has 0 saturated carbocycles. The zero-order valence-corrected chi connectivity index (χ0v) is 9.30. The molecule has 0 atom stereocenters. The fourth-order valence-corrected chi connectivity index (χ4v) is 2.18. The van der Waals surface area contributed by atoms with Gasteiger partial charge >= 0.3 is 0 Å². The Kier molecular flexibility index (Phi) is 2.49. The molecule has 0 fully saturated rings. The van der Waals surface area contributed by atoms with Crippen LogP contribution in [0, 0.1) is 0 Å². The Labute approximate surface area is 98.8 Å². The lowest BCUT2D eigenvalue weighted by Gasteiger charge is -2.14. The highest BCUT2D eigenvalue weighted by Crippen LogP contribution is 2.26. The summed E-state index contributed by atoms with van der Waals surface area (Å²) in [7, 11) is 0. The van der Waals surface area contributed by atoms with Gasteiger partial charge in [0.2, 0.25) is 0 Å². The fraction of sp³-hybridized carbons (Fsp3) is 0.231. The van der Waals surface area contributed by atoms with Gasteiger partial charge in [0.25, 0.3) is 0 Å². The van der Waals surface area contributed by atoms with Crippen LogP contribution in [-0.2, 0) is 19.6 Å². The molecule has 1 aliphatic rings. The van der Waals surface area contributed by atoms with Gasteiger partial charge in [-0.1, -0.05) is 35.5 Å². The number of carbonyl (C=O) groups excluding carboxylic acids is 1. The molecule has 0 unspecified atom stereocenters. The van der Waals surface area contributed by atoms with Crippen LogP contribution in [0.3, 0.4) is 0 Å². The minimum Gasteiger partial charge on any atom is -0.359 e. The van der Waals surface area contributed by atoms with Crippen LogP contribution in [0.25, 0.3) is 0 Å². The van der Waals surface area contributed by atoms with E-state index in [0.29, 0.717) is 5.69 Å². The van der Waals surface area contributed by atoms with E-state index in [0.717, 1.165) is 37.2 Å². The summed E-state index contributed by atoms with van der Waals surface area (Å²) >= 11 is 0. The van der Waals surface area contributed by atoms with Crippen LogP contribution in [0.15, 0.2) is 34.9 Å². The number of fused-ring (bicyclic) bond motifs is 1. The molecule has 86 valence electrons. The number of aldehydes is 1. The smallest absolute Gasteiger partial charge is 0.172 e. The highest BCUT2D eigenvalue weighted by atomic mass is 16.5. The molecule has 2 aromatic rings. The number of nitrogens with zero attached hydrogens (tertiary/aromatic N) is 2. The van der Waals surface area contributed by atoms with E-state index in [1.807, 2.05) is 18.2 Å². The summed E-state index contributed by atoms with van der Waals surface area (Å²) in [5, 5.41) is 3.73. The Balaban J connectivity index is 1.74. The van der Waals surface area contributed by atoms with Crippen molar-refractivity contribution in [1.29, 1.82) is 0 Å². The molecule has 2 heterocycles. The molecule has 0 radical (unpaired) electrons. The minimum atomic E-state index is 0.440. The van der Waals surface area contributed by atoms with E-state index in [-0.39, 0.29) is 0 Å². The molecule has 0 spiro atoms. The van der Waals surface area contributed by atoms with E-state index in [4.69, 9.17) is 4.52 Å². The lowest BCUT2D eigenvalue weighted by atomic mass is 10.2. The van der Waals surface area contributed by atoms with Crippen molar-refractivity contribution in [1.82, 2.24) is 10.1 Å². The number of rotatable bonds is 3. The lowest BCUT2D eigenvalue weighted by molar-refractivity contribution is 0.111. The zero-order valence-electron chi connectivity index (χ0n) is 9.30. The lowest BCUT2D eigenvalue weighted by Crippen LogP contribution is -2.16. The summed E-state index contributed by atoms with van der Waals surface area (Å²) in [5.74, 6) is 0.822. The number of aromatic nitrogens is 1. The SMILES string of the molecule is O=Cc1noc2c1CN(Cc1ccccc1)C2. The molecule has 1 aliphatic heterocycles. The number of benzene rings is 1. The summed E-state index contributed by atoms with van der Waals surface area (Å²) < 4.78 is 5.14. The van der Waals surface area contributed by atoms with Gasteiger partial charge in [-0.25, -0.2) is 0 Å². The van der Waals surface area contributed by atoms with Crippen LogP contribution in [0.5, 0.6) is 0 Å². The van der Waals surface area contributed by atoms with Crippen LogP contribution >= 0.6 is 0 Å². The molecule has 3 rings (SSSR count). The van der Waals surface area contributed by atoms with Crippen molar-refractivity contribution < 1.29 is 9.32 Å². The van der Waals surface area contributed by atoms with Gasteiger partial charge in [-0.2, -0.15) is 0 Å². The molecular weight excluding hydrogens is 216 g/mol. The summed E-state index contributed by atoms with van der Waals surface area (Å²) in [4.78, 5) is 13.0. The molecule has 0 saturated heterocycles. The molecule has 17 heavy (non-hydrogen) atoms. The minimum absolute atomic E-state index is 0.440. The van der Waals surface area contributed by atoms with E-state index >= 15 is 0 Å². The first-order valence-corrected chi connectivity index (χ1v) is 5.55. The van der Waals surface area contributed by atoms with E-state index in [1.54, 1.807) is 0 Å². The van der Waals surface area contributed by atoms with Crippen LogP contribution in [0.1, 0.15) is 27.4 Å². The number of hydrogen-bond donors (Lipinski definition) is 0.